The van der Waals surface area contributed by atoms with Crippen molar-refractivity contribution in [2.45, 2.75) is 77.3 Å². The Labute approximate surface area is 271 Å². The van der Waals surface area contributed by atoms with Crippen molar-refractivity contribution in [1.29, 1.82) is 0 Å². The van der Waals surface area contributed by atoms with Gasteiger partial charge in [-0.1, -0.05) is 19.9 Å². The van der Waals surface area contributed by atoms with Crippen molar-refractivity contribution < 1.29 is 23.1 Å². The van der Waals surface area contributed by atoms with Crippen molar-refractivity contribution in [2.24, 2.45) is 28.5 Å². The molecule has 256 valence electrons. The van der Waals surface area contributed by atoms with Crippen molar-refractivity contribution in [1.82, 2.24) is 30.7 Å². The van der Waals surface area contributed by atoms with Crippen molar-refractivity contribution in [3.63, 3.8) is 0 Å². The summed E-state index contributed by atoms with van der Waals surface area (Å²) in [5.74, 6) is 0.898. The molecule has 2 amide bonds. The second-order valence-corrected chi connectivity index (χ2v) is 13.2. The fraction of sp³-hybridized carbons (Fsp3) is 0.758. The summed E-state index contributed by atoms with van der Waals surface area (Å²) >= 11 is 0. The van der Waals surface area contributed by atoms with Crippen LogP contribution in [0.25, 0.3) is 0 Å². The standard InChI is InChI=1S/C33H52F2N8O3/c1-4-22(5-2)27-7-6-24(34)16-38-21(3)29(31(36)39-27)32(44)40-28-18-37-17-26(35)30(28)42-10-8-23(9-11-42)33(45)43-14-12-41(13-15-43)25-19-46-20-25/h7,21-23,25-26,29,31,37,39H,4-6,8-15,17-20,36H2,1-3H3,(H,40,44)/b27-7-. The molecule has 0 aromatic heterocycles. The van der Waals surface area contributed by atoms with Gasteiger partial charge in [-0.05, 0) is 38.5 Å². The predicted molar refractivity (Wildman–Crippen MR) is 173 cm³/mol. The van der Waals surface area contributed by atoms with Gasteiger partial charge in [-0.25, -0.2) is 13.8 Å². The number of rotatable bonds is 8. The summed E-state index contributed by atoms with van der Waals surface area (Å²) in [6, 6.07) is -0.198. The molecular weight excluding hydrogens is 594 g/mol. The maximum atomic E-state index is 15.6. The summed E-state index contributed by atoms with van der Waals surface area (Å²) in [5, 5.41) is 9.35. The topological polar surface area (TPSA) is 128 Å². The molecule has 5 heterocycles. The van der Waals surface area contributed by atoms with Crippen LogP contribution >= 0.6 is 0 Å². The van der Waals surface area contributed by atoms with Crippen LogP contribution in [0.2, 0.25) is 0 Å². The molecule has 0 aliphatic carbocycles. The van der Waals surface area contributed by atoms with Crippen LogP contribution in [-0.4, -0.2) is 122 Å². The lowest BCUT2D eigenvalue weighted by Gasteiger charge is -2.44. The number of nitrogens with two attached hydrogens (primary N) is 1. The average molecular weight is 647 g/mol. The molecule has 5 rings (SSSR count). The van der Waals surface area contributed by atoms with Crippen LogP contribution in [0.3, 0.4) is 0 Å². The highest BCUT2D eigenvalue weighted by molar-refractivity contribution is 5.82. The zero-order chi connectivity index (χ0) is 32.8. The normalized spacial score (nSPS) is 30.3. The van der Waals surface area contributed by atoms with Crippen LogP contribution in [0, 0.1) is 17.8 Å². The lowest BCUT2D eigenvalue weighted by Crippen LogP contribution is -2.58. The summed E-state index contributed by atoms with van der Waals surface area (Å²) in [5.41, 5.74) is 8.34. The van der Waals surface area contributed by atoms with Crippen molar-refractivity contribution in [3.8, 4) is 0 Å². The Morgan fingerprint density at radius 1 is 1.15 bits per heavy atom. The summed E-state index contributed by atoms with van der Waals surface area (Å²) in [4.78, 5) is 37.8. The summed E-state index contributed by atoms with van der Waals surface area (Å²) in [6.45, 7) is 12.1. The highest BCUT2D eigenvalue weighted by Gasteiger charge is 2.38. The molecule has 5 aliphatic rings. The third-order valence-electron chi connectivity index (χ3n) is 10.3. The Balaban J connectivity index is 1.25. The molecule has 46 heavy (non-hydrogen) atoms. The van der Waals surface area contributed by atoms with Crippen molar-refractivity contribution in [2.75, 3.05) is 65.6 Å². The number of piperidine rings is 1. The van der Waals surface area contributed by atoms with Crippen molar-refractivity contribution in [3.05, 3.63) is 29.0 Å². The summed E-state index contributed by atoms with van der Waals surface area (Å²) in [6.07, 6.45) is 2.63. The molecule has 3 fully saturated rings. The molecule has 13 heteroatoms. The molecule has 0 spiro atoms. The van der Waals surface area contributed by atoms with Gasteiger partial charge in [0.2, 0.25) is 11.8 Å². The smallest absolute Gasteiger partial charge is 0.232 e. The van der Waals surface area contributed by atoms with Crippen molar-refractivity contribution >= 4 is 17.7 Å². The summed E-state index contributed by atoms with van der Waals surface area (Å²) in [7, 11) is 0. The van der Waals surface area contributed by atoms with Crippen LogP contribution < -0.4 is 21.7 Å². The van der Waals surface area contributed by atoms with E-state index in [-0.39, 0.29) is 37.3 Å². The number of hydrogen-bond acceptors (Lipinski definition) is 9. The number of piperazine rings is 1. The largest absolute Gasteiger partial charge is 0.378 e. The minimum absolute atomic E-state index is 0.0492. The highest BCUT2D eigenvalue weighted by Crippen LogP contribution is 2.29. The first kappa shape index (κ1) is 34.5. The first-order valence-corrected chi connectivity index (χ1v) is 17.1. The Morgan fingerprint density at radius 3 is 2.48 bits per heavy atom. The Hall–Kier alpha value is -2.83. The number of aliphatic imine (C=N–C) groups is 1. The van der Waals surface area contributed by atoms with E-state index in [2.05, 4.69) is 45.6 Å². The van der Waals surface area contributed by atoms with E-state index in [4.69, 9.17) is 10.5 Å². The van der Waals surface area contributed by atoms with Gasteiger partial charge in [0.25, 0.3) is 0 Å². The van der Waals surface area contributed by atoms with Crippen LogP contribution in [0.1, 0.15) is 52.9 Å². The number of carbonyl (C=O) groups excluding carboxylic acids is 2. The number of nitrogens with zero attached hydrogens (tertiary/aromatic N) is 4. The van der Waals surface area contributed by atoms with Gasteiger partial charge in [-0.15, -0.1) is 0 Å². The van der Waals surface area contributed by atoms with Gasteiger partial charge in [0, 0.05) is 76.3 Å². The molecule has 3 saturated heterocycles. The number of likely N-dealkylation sites (tertiary alicyclic amines) is 1. The van der Waals surface area contributed by atoms with E-state index in [9.17, 15) is 14.0 Å². The van der Waals surface area contributed by atoms with E-state index in [1.807, 2.05) is 9.80 Å². The van der Waals surface area contributed by atoms with Crippen LogP contribution in [0.4, 0.5) is 8.78 Å². The molecule has 5 aliphatic heterocycles. The van der Waals surface area contributed by atoms with Gasteiger partial charge < -0.3 is 36.2 Å². The number of ether oxygens (including phenoxy) is 1. The SMILES string of the molecule is CCC(CC)/C1=C/CC(F)=C=NC(C)C(C(=O)NC2=C(N3CCC(C(=O)N4CCN(C5COC5)CC4)CC3)C(F)CNC2)C(N)N1. The van der Waals surface area contributed by atoms with E-state index in [0.717, 1.165) is 57.9 Å². The lowest BCUT2D eigenvalue weighted by atomic mass is 9.92. The summed E-state index contributed by atoms with van der Waals surface area (Å²) < 4.78 is 35.4. The van der Waals surface area contributed by atoms with Gasteiger partial charge in [-0.3, -0.25) is 14.5 Å². The van der Waals surface area contributed by atoms with Crippen LogP contribution in [0.15, 0.2) is 34.0 Å². The molecule has 11 nitrogen and oxygen atoms in total. The number of nitrogens with one attached hydrogen (secondary N) is 3. The maximum absolute atomic E-state index is 15.6. The molecule has 0 radical (unpaired) electrons. The predicted octanol–water partition coefficient (Wildman–Crippen LogP) is 1.64. The fourth-order valence-electron chi connectivity index (χ4n) is 7.33. The van der Waals surface area contributed by atoms with E-state index in [0.29, 0.717) is 43.4 Å². The molecule has 0 aromatic carbocycles. The Bertz CT molecular complexity index is 1210. The van der Waals surface area contributed by atoms with Gasteiger partial charge in [0.15, 0.2) is 12.0 Å². The second-order valence-electron chi connectivity index (χ2n) is 13.2. The minimum atomic E-state index is -1.31. The van der Waals surface area contributed by atoms with Crippen LogP contribution in [-0.2, 0) is 14.3 Å². The zero-order valence-electron chi connectivity index (χ0n) is 27.6. The number of alkyl halides is 1. The third kappa shape index (κ3) is 7.99. The Kier molecular flexibility index (Phi) is 11.9. The van der Waals surface area contributed by atoms with Gasteiger partial charge in [-0.2, -0.15) is 0 Å². The fourth-order valence-corrected chi connectivity index (χ4v) is 7.33. The van der Waals surface area contributed by atoms with Gasteiger partial charge >= 0.3 is 0 Å². The highest BCUT2D eigenvalue weighted by atomic mass is 19.1. The minimum Gasteiger partial charge on any atom is -0.378 e. The van der Waals surface area contributed by atoms with E-state index in [1.165, 1.54) is 0 Å². The molecule has 0 bridgehead atoms. The average Bonchev–Trinajstić information content (AvgIpc) is 3.02. The number of amides is 2. The number of allylic oxidation sites excluding steroid dienone is 3. The number of hydrogen-bond donors (Lipinski definition) is 4. The van der Waals surface area contributed by atoms with E-state index in [1.54, 1.807) is 13.0 Å². The molecule has 0 aromatic rings. The first-order valence-electron chi connectivity index (χ1n) is 17.1. The van der Waals surface area contributed by atoms with E-state index < -0.39 is 36.0 Å². The molecule has 0 saturated carbocycles. The quantitative estimate of drug-likeness (QED) is 0.314. The first-order chi connectivity index (χ1) is 22.2. The molecule has 5 N–H and O–H groups in total. The maximum Gasteiger partial charge on any atom is 0.232 e. The monoisotopic (exact) mass is 646 g/mol. The van der Waals surface area contributed by atoms with Gasteiger partial charge in [0.1, 0.15) is 0 Å². The number of halogens is 2. The molecule has 4 unspecified atom stereocenters. The number of carbonyl (C=O) groups is 2. The third-order valence-corrected chi connectivity index (χ3v) is 10.3. The Morgan fingerprint density at radius 2 is 1.85 bits per heavy atom. The van der Waals surface area contributed by atoms with Gasteiger partial charge in [0.05, 0.1) is 48.8 Å². The second kappa shape index (κ2) is 15.8. The molecular formula is C33H52F2N8O3. The molecule has 4 atom stereocenters. The van der Waals surface area contributed by atoms with Crippen LogP contribution in [0.5, 0.6) is 0 Å². The van der Waals surface area contributed by atoms with E-state index >= 15 is 4.39 Å². The lowest BCUT2D eigenvalue weighted by molar-refractivity contribution is -0.141. The zero-order valence-corrected chi connectivity index (χ0v) is 27.6.